The number of hydrogen-bond acceptors (Lipinski definition) is 5. The fourth-order valence-electron chi connectivity index (χ4n) is 2.41. The predicted octanol–water partition coefficient (Wildman–Crippen LogP) is 4.31. The third-order valence-corrected chi connectivity index (χ3v) is 4.46. The van der Waals surface area contributed by atoms with Crippen molar-refractivity contribution >= 4 is 29.0 Å². The highest BCUT2D eigenvalue weighted by Gasteiger charge is 2.11. The van der Waals surface area contributed by atoms with Gasteiger partial charge in [0.05, 0.1) is 7.11 Å². The topological polar surface area (TPSA) is 76.1 Å². The van der Waals surface area contributed by atoms with Crippen molar-refractivity contribution in [2.45, 2.75) is 13.5 Å². The molecule has 2 N–H and O–H groups in total. The Balaban J connectivity index is 1.60. The highest BCUT2D eigenvalue weighted by Crippen LogP contribution is 2.23. The van der Waals surface area contributed by atoms with Gasteiger partial charge in [0.25, 0.3) is 5.91 Å². The van der Waals surface area contributed by atoms with E-state index >= 15 is 0 Å². The van der Waals surface area contributed by atoms with E-state index in [0.29, 0.717) is 23.1 Å². The summed E-state index contributed by atoms with van der Waals surface area (Å²) in [5.41, 5.74) is 2.76. The first-order valence-corrected chi connectivity index (χ1v) is 8.71. The molecule has 0 atom stereocenters. The molecule has 1 aromatic heterocycles. The Labute approximate surface area is 162 Å². The van der Waals surface area contributed by atoms with Crippen LogP contribution >= 0.6 is 11.6 Å². The van der Waals surface area contributed by atoms with Gasteiger partial charge in [0.1, 0.15) is 11.6 Å². The van der Waals surface area contributed by atoms with Crippen LogP contribution in [0.15, 0.2) is 54.6 Å². The lowest BCUT2D eigenvalue weighted by Crippen LogP contribution is -2.15. The van der Waals surface area contributed by atoms with Crippen LogP contribution in [0.5, 0.6) is 5.75 Å². The van der Waals surface area contributed by atoms with E-state index in [1.54, 1.807) is 37.4 Å². The molecule has 1 heterocycles. The van der Waals surface area contributed by atoms with E-state index in [9.17, 15) is 4.79 Å². The van der Waals surface area contributed by atoms with Gasteiger partial charge in [0, 0.05) is 17.3 Å². The summed E-state index contributed by atoms with van der Waals surface area (Å²) >= 11 is 6.07. The number of aromatic nitrogens is 2. The molecule has 0 radical (unpaired) electrons. The average Bonchev–Trinajstić information content (AvgIpc) is 2.70. The van der Waals surface area contributed by atoms with Crippen molar-refractivity contribution in [3.8, 4) is 5.75 Å². The first-order chi connectivity index (χ1) is 13.1. The van der Waals surface area contributed by atoms with Crippen LogP contribution in [0, 0.1) is 6.92 Å². The SMILES string of the molecule is COc1ccc(CNc2ccc(C(=O)Nc3cccc(Cl)c3C)nn2)cc1. The minimum atomic E-state index is -0.338. The van der Waals surface area contributed by atoms with Crippen LogP contribution in [0.25, 0.3) is 0 Å². The molecule has 0 aliphatic carbocycles. The van der Waals surface area contributed by atoms with Crippen molar-refractivity contribution in [2.75, 3.05) is 17.7 Å². The molecule has 0 aliphatic rings. The molecule has 27 heavy (non-hydrogen) atoms. The van der Waals surface area contributed by atoms with Gasteiger partial charge in [-0.3, -0.25) is 4.79 Å². The van der Waals surface area contributed by atoms with E-state index in [2.05, 4.69) is 20.8 Å². The van der Waals surface area contributed by atoms with Gasteiger partial charge >= 0.3 is 0 Å². The molecule has 138 valence electrons. The third-order valence-electron chi connectivity index (χ3n) is 4.05. The zero-order valence-electron chi connectivity index (χ0n) is 15.0. The van der Waals surface area contributed by atoms with Crippen LogP contribution < -0.4 is 15.4 Å². The summed E-state index contributed by atoms with van der Waals surface area (Å²) in [5, 5.41) is 14.6. The Bertz CT molecular complexity index is 928. The average molecular weight is 383 g/mol. The molecule has 0 aliphatic heterocycles. The highest BCUT2D eigenvalue weighted by molar-refractivity contribution is 6.31. The van der Waals surface area contributed by atoms with Crippen LogP contribution in [0.4, 0.5) is 11.5 Å². The fourth-order valence-corrected chi connectivity index (χ4v) is 2.59. The molecular weight excluding hydrogens is 364 g/mol. The van der Waals surface area contributed by atoms with Crippen LogP contribution in [-0.4, -0.2) is 23.2 Å². The monoisotopic (exact) mass is 382 g/mol. The predicted molar refractivity (Wildman–Crippen MR) is 106 cm³/mol. The molecule has 0 bridgehead atoms. The number of carbonyl (C=O) groups is 1. The quantitative estimate of drug-likeness (QED) is 0.664. The minimum Gasteiger partial charge on any atom is -0.497 e. The number of benzene rings is 2. The van der Waals surface area contributed by atoms with Gasteiger partial charge in [-0.15, -0.1) is 10.2 Å². The normalized spacial score (nSPS) is 10.3. The lowest BCUT2D eigenvalue weighted by Gasteiger charge is -2.09. The van der Waals surface area contributed by atoms with Gasteiger partial charge in [-0.1, -0.05) is 29.8 Å². The number of ether oxygens (including phenoxy) is 1. The van der Waals surface area contributed by atoms with E-state index in [1.807, 2.05) is 31.2 Å². The Morgan fingerprint density at radius 2 is 1.85 bits per heavy atom. The van der Waals surface area contributed by atoms with E-state index in [4.69, 9.17) is 16.3 Å². The van der Waals surface area contributed by atoms with Gasteiger partial charge in [-0.05, 0) is 54.4 Å². The highest BCUT2D eigenvalue weighted by atomic mass is 35.5. The van der Waals surface area contributed by atoms with Crippen molar-refractivity contribution in [3.63, 3.8) is 0 Å². The van der Waals surface area contributed by atoms with Gasteiger partial charge in [-0.25, -0.2) is 0 Å². The first-order valence-electron chi connectivity index (χ1n) is 8.34. The number of carbonyl (C=O) groups excluding carboxylic acids is 1. The summed E-state index contributed by atoms with van der Waals surface area (Å²) in [7, 11) is 1.63. The summed E-state index contributed by atoms with van der Waals surface area (Å²) < 4.78 is 5.14. The molecule has 0 unspecified atom stereocenters. The van der Waals surface area contributed by atoms with E-state index in [0.717, 1.165) is 16.9 Å². The summed E-state index contributed by atoms with van der Waals surface area (Å²) in [6, 6.07) is 16.4. The molecule has 2 aromatic carbocycles. The van der Waals surface area contributed by atoms with Crippen LogP contribution in [0.3, 0.4) is 0 Å². The molecule has 7 heteroatoms. The Morgan fingerprint density at radius 3 is 2.52 bits per heavy atom. The largest absolute Gasteiger partial charge is 0.497 e. The molecule has 0 saturated carbocycles. The smallest absolute Gasteiger partial charge is 0.276 e. The molecular formula is C20H19ClN4O2. The van der Waals surface area contributed by atoms with Crippen molar-refractivity contribution in [2.24, 2.45) is 0 Å². The lowest BCUT2D eigenvalue weighted by atomic mass is 10.2. The number of halogens is 1. The number of methoxy groups -OCH3 is 1. The zero-order valence-corrected chi connectivity index (χ0v) is 15.7. The molecule has 0 spiro atoms. The summed E-state index contributed by atoms with van der Waals surface area (Å²) in [5.74, 6) is 1.06. The van der Waals surface area contributed by atoms with Gasteiger partial charge < -0.3 is 15.4 Å². The number of nitrogens with zero attached hydrogens (tertiary/aromatic N) is 2. The fraction of sp³-hybridized carbons (Fsp3) is 0.150. The van der Waals surface area contributed by atoms with Gasteiger partial charge in [0.15, 0.2) is 5.69 Å². The van der Waals surface area contributed by atoms with E-state index in [1.165, 1.54) is 0 Å². The molecule has 0 saturated heterocycles. The summed E-state index contributed by atoms with van der Waals surface area (Å²) in [6.07, 6.45) is 0. The van der Waals surface area contributed by atoms with Crippen molar-refractivity contribution in [1.82, 2.24) is 10.2 Å². The second-order valence-corrected chi connectivity index (χ2v) is 6.28. The number of anilines is 2. The van der Waals surface area contributed by atoms with Crippen LogP contribution in [0.1, 0.15) is 21.6 Å². The van der Waals surface area contributed by atoms with Crippen molar-refractivity contribution < 1.29 is 9.53 Å². The van der Waals surface area contributed by atoms with E-state index in [-0.39, 0.29) is 11.6 Å². The standard InChI is InChI=1S/C20H19ClN4O2/c1-13-16(21)4-3-5-17(13)23-20(26)18-10-11-19(25-24-18)22-12-14-6-8-15(27-2)9-7-14/h3-11H,12H2,1-2H3,(H,22,25)(H,23,26). The van der Waals surface area contributed by atoms with Gasteiger partial charge in [0.2, 0.25) is 0 Å². The molecule has 6 nitrogen and oxygen atoms in total. The first kappa shape index (κ1) is 18.7. The van der Waals surface area contributed by atoms with E-state index < -0.39 is 0 Å². The maximum atomic E-state index is 12.3. The molecule has 0 fully saturated rings. The van der Waals surface area contributed by atoms with Crippen molar-refractivity contribution in [1.29, 1.82) is 0 Å². The second kappa shape index (κ2) is 8.51. The van der Waals surface area contributed by atoms with Crippen LogP contribution in [-0.2, 0) is 6.54 Å². The lowest BCUT2D eigenvalue weighted by molar-refractivity contribution is 0.102. The third kappa shape index (κ3) is 4.74. The second-order valence-electron chi connectivity index (χ2n) is 5.87. The summed E-state index contributed by atoms with van der Waals surface area (Å²) in [6.45, 7) is 2.43. The summed E-state index contributed by atoms with van der Waals surface area (Å²) in [4.78, 5) is 12.3. The maximum absolute atomic E-state index is 12.3. The zero-order chi connectivity index (χ0) is 19.2. The Hall–Kier alpha value is -3.12. The minimum absolute atomic E-state index is 0.226. The molecule has 1 amide bonds. The van der Waals surface area contributed by atoms with Crippen LogP contribution in [0.2, 0.25) is 5.02 Å². The Kier molecular flexibility index (Phi) is 5.88. The Morgan fingerprint density at radius 1 is 1.07 bits per heavy atom. The number of amides is 1. The molecule has 3 rings (SSSR count). The van der Waals surface area contributed by atoms with Crippen molar-refractivity contribution in [3.05, 3.63) is 76.4 Å². The molecule has 3 aromatic rings. The number of hydrogen-bond donors (Lipinski definition) is 2. The number of rotatable bonds is 6. The number of nitrogens with one attached hydrogen (secondary N) is 2. The van der Waals surface area contributed by atoms with Gasteiger partial charge in [-0.2, -0.15) is 0 Å². The maximum Gasteiger partial charge on any atom is 0.276 e.